The minimum atomic E-state index is -0.375. The van der Waals surface area contributed by atoms with E-state index in [1.54, 1.807) is 0 Å². The summed E-state index contributed by atoms with van der Waals surface area (Å²) in [5.41, 5.74) is 1.30. The number of rotatable bonds is 4. The van der Waals surface area contributed by atoms with Crippen LogP contribution in [0.25, 0.3) is 0 Å². The van der Waals surface area contributed by atoms with Crippen LogP contribution in [0.1, 0.15) is 91.4 Å². The molecular weight excluding hydrogens is 364 g/mol. The van der Waals surface area contributed by atoms with Gasteiger partial charge in [0.15, 0.2) is 0 Å². The molecule has 5 aliphatic rings. The van der Waals surface area contributed by atoms with Crippen LogP contribution in [-0.4, -0.2) is 22.3 Å². The van der Waals surface area contributed by atoms with Gasteiger partial charge in [0, 0.05) is 23.6 Å². The van der Waals surface area contributed by atoms with Crippen molar-refractivity contribution in [1.29, 1.82) is 0 Å². The Bertz CT molecular complexity index is 787. The van der Waals surface area contributed by atoms with Gasteiger partial charge in [-0.3, -0.25) is 14.9 Å². The first-order valence-corrected chi connectivity index (χ1v) is 11.9. The fraction of sp³-hybridized carbons (Fsp3) is 0.875. The van der Waals surface area contributed by atoms with E-state index in [0.717, 1.165) is 37.3 Å². The second kappa shape index (κ2) is 6.38. The van der Waals surface area contributed by atoms with Gasteiger partial charge in [0.05, 0.1) is 4.92 Å². The molecule has 1 N–H and O–H groups in total. The Kier molecular flexibility index (Phi) is 4.34. The Labute approximate surface area is 174 Å². The lowest BCUT2D eigenvalue weighted by atomic mass is 9.45. The van der Waals surface area contributed by atoms with Crippen LogP contribution in [0.3, 0.4) is 0 Å². The van der Waals surface area contributed by atoms with Crippen LogP contribution in [0.4, 0.5) is 0 Å². The Balaban J connectivity index is 1.50. The fourth-order valence-corrected chi connectivity index (χ4v) is 8.57. The normalized spacial score (nSPS) is 46.9. The number of nitrogens with one attached hydrogen (secondary N) is 1. The third-order valence-corrected chi connectivity index (χ3v) is 10.3. The average molecular weight is 401 g/mol. The number of carbonyl (C=O) groups excluding carboxylic acids is 1. The molecule has 4 saturated carbocycles. The van der Waals surface area contributed by atoms with Crippen LogP contribution in [0, 0.1) is 38.7 Å². The molecule has 6 atom stereocenters. The summed E-state index contributed by atoms with van der Waals surface area (Å²) in [6, 6.07) is 0.730. The Hall–Kier alpha value is -1.23. The maximum absolute atomic E-state index is 12.4. The lowest BCUT2D eigenvalue weighted by Gasteiger charge is -2.60. The zero-order valence-electron chi connectivity index (χ0n) is 18.3. The summed E-state index contributed by atoms with van der Waals surface area (Å²) in [5.74, 6) is 1.63. The molecule has 0 radical (unpaired) electrons. The van der Waals surface area contributed by atoms with Crippen molar-refractivity contribution < 1.29 is 9.72 Å². The van der Waals surface area contributed by atoms with Gasteiger partial charge in [-0.2, -0.15) is 0 Å². The standard InChI is InChI=1S/C24H36N2O3/c1-4-24(25-15-5-6-15)14-10-18-16-7-8-19-21(26(28)29)20(27)11-12-22(19,2)17(16)9-13-23(18,24)3/h15-18,25H,4-14H2,1-3H3/t16-,17+,18+,22-,23+,24-/m1/s1. The number of nitrogens with zero attached hydrogens (tertiary/aromatic N) is 1. The van der Waals surface area contributed by atoms with E-state index in [1.807, 2.05) is 0 Å². The number of hydrogen-bond acceptors (Lipinski definition) is 4. The van der Waals surface area contributed by atoms with Crippen molar-refractivity contribution in [3.8, 4) is 0 Å². The fourth-order valence-electron chi connectivity index (χ4n) is 8.57. The number of carbonyl (C=O) groups is 1. The summed E-state index contributed by atoms with van der Waals surface area (Å²) in [6.07, 6.45) is 11.8. The van der Waals surface area contributed by atoms with E-state index in [2.05, 4.69) is 26.1 Å². The highest BCUT2D eigenvalue weighted by Gasteiger charge is 2.65. The molecule has 5 rings (SSSR count). The van der Waals surface area contributed by atoms with Gasteiger partial charge in [-0.25, -0.2) is 0 Å². The zero-order chi connectivity index (χ0) is 20.6. The highest BCUT2D eigenvalue weighted by molar-refractivity contribution is 5.95. The summed E-state index contributed by atoms with van der Waals surface area (Å²) >= 11 is 0. The summed E-state index contributed by atoms with van der Waals surface area (Å²) in [5, 5.41) is 15.8. The molecule has 4 fully saturated rings. The molecule has 0 aromatic rings. The van der Waals surface area contributed by atoms with Crippen molar-refractivity contribution in [3.63, 3.8) is 0 Å². The molecule has 0 bridgehead atoms. The van der Waals surface area contributed by atoms with E-state index in [4.69, 9.17) is 0 Å². The average Bonchev–Trinajstić information content (AvgIpc) is 3.44. The monoisotopic (exact) mass is 400 g/mol. The molecule has 0 spiro atoms. The van der Waals surface area contributed by atoms with Crippen molar-refractivity contribution in [1.82, 2.24) is 5.32 Å². The summed E-state index contributed by atoms with van der Waals surface area (Å²) in [7, 11) is 0. The first-order valence-electron chi connectivity index (χ1n) is 11.9. The van der Waals surface area contributed by atoms with Crippen LogP contribution in [0.15, 0.2) is 11.3 Å². The number of fused-ring (bicyclic) bond motifs is 5. The predicted octanol–water partition coefficient (Wildman–Crippen LogP) is 5.02. The smallest absolute Gasteiger partial charge is 0.308 e. The minimum absolute atomic E-state index is 0.0461. The molecule has 5 aliphatic carbocycles. The number of hydrogen-bond donors (Lipinski definition) is 1. The van der Waals surface area contributed by atoms with E-state index in [0.29, 0.717) is 29.6 Å². The van der Waals surface area contributed by atoms with E-state index in [1.165, 1.54) is 38.5 Å². The predicted molar refractivity (Wildman–Crippen MR) is 112 cm³/mol. The van der Waals surface area contributed by atoms with Gasteiger partial charge in [0.1, 0.15) is 0 Å². The van der Waals surface area contributed by atoms with Gasteiger partial charge in [-0.05, 0) is 92.8 Å². The number of Topliss-reactive ketones (excluding diaryl/α,β-unsaturated/α-hetero) is 1. The molecule has 0 heterocycles. The van der Waals surface area contributed by atoms with Crippen molar-refractivity contribution >= 4 is 5.78 Å². The molecular formula is C24H36N2O3. The van der Waals surface area contributed by atoms with Gasteiger partial charge in [0.2, 0.25) is 5.78 Å². The summed E-state index contributed by atoms with van der Waals surface area (Å²) in [6.45, 7) is 7.18. The number of nitro groups is 1. The van der Waals surface area contributed by atoms with Gasteiger partial charge in [-0.1, -0.05) is 20.8 Å². The van der Waals surface area contributed by atoms with Crippen LogP contribution in [0.2, 0.25) is 0 Å². The topological polar surface area (TPSA) is 72.2 Å². The highest BCUT2D eigenvalue weighted by Crippen LogP contribution is 2.68. The quantitative estimate of drug-likeness (QED) is 0.531. The molecule has 5 nitrogen and oxygen atoms in total. The van der Waals surface area contributed by atoms with Crippen molar-refractivity contribution in [2.45, 2.75) is 103 Å². The van der Waals surface area contributed by atoms with Gasteiger partial charge >= 0.3 is 5.70 Å². The molecule has 0 amide bonds. The van der Waals surface area contributed by atoms with E-state index >= 15 is 0 Å². The second-order valence-corrected chi connectivity index (χ2v) is 11.2. The maximum atomic E-state index is 12.4. The van der Waals surface area contributed by atoms with Gasteiger partial charge in [0.25, 0.3) is 0 Å². The van der Waals surface area contributed by atoms with Gasteiger partial charge in [-0.15, -0.1) is 0 Å². The van der Waals surface area contributed by atoms with Crippen molar-refractivity contribution in [2.75, 3.05) is 0 Å². The Morgan fingerprint density at radius 2 is 1.76 bits per heavy atom. The summed E-state index contributed by atoms with van der Waals surface area (Å²) < 4.78 is 0. The van der Waals surface area contributed by atoms with E-state index in [-0.39, 0.29) is 27.4 Å². The van der Waals surface area contributed by atoms with Crippen molar-refractivity contribution in [2.24, 2.45) is 28.6 Å². The first-order chi connectivity index (χ1) is 13.8. The minimum Gasteiger partial charge on any atom is -0.308 e. The van der Waals surface area contributed by atoms with Crippen LogP contribution in [0.5, 0.6) is 0 Å². The third kappa shape index (κ3) is 2.58. The van der Waals surface area contributed by atoms with Crippen LogP contribution < -0.4 is 5.32 Å². The zero-order valence-corrected chi connectivity index (χ0v) is 18.3. The largest absolute Gasteiger partial charge is 0.311 e. The SMILES string of the molecule is CC[C@@]1(NC2CC2)CC[C@H]2[C@@H]3CCC4=C([N+](=O)[O-])C(=O)CC[C@]4(C)[C@H]3CC[C@@]21C. The number of ketones is 1. The molecule has 0 aliphatic heterocycles. The Morgan fingerprint density at radius 1 is 1.03 bits per heavy atom. The van der Waals surface area contributed by atoms with E-state index < -0.39 is 0 Å². The molecule has 0 aromatic carbocycles. The van der Waals surface area contributed by atoms with Crippen LogP contribution in [-0.2, 0) is 4.79 Å². The lowest BCUT2D eigenvalue weighted by Crippen LogP contribution is -2.60. The van der Waals surface area contributed by atoms with Crippen molar-refractivity contribution in [3.05, 3.63) is 21.4 Å². The highest BCUT2D eigenvalue weighted by atomic mass is 16.6. The lowest BCUT2D eigenvalue weighted by molar-refractivity contribution is -0.422. The van der Waals surface area contributed by atoms with Gasteiger partial charge < -0.3 is 5.32 Å². The molecule has 0 aromatic heterocycles. The van der Waals surface area contributed by atoms with Crippen LogP contribution >= 0.6 is 0 Å². The number of allylic oxidation sites excluding steroid dienone is 1. The molecule has 5 heteroatoms. The molecule has 0 saturated heterocycles. The third-order valence-electron chi connectivity index (χ3n) is 10.3. The molecule has 29 heavy (non-hydrogen) atoms. The maximum Gasteiger partial charge on any atom is 0.311 e. The summed E-state index contributed by atoms with van der Waals surface area (Å²) in [4.78, 5) is 23.7. The first kappa shape index (κ1) is 19.7. The molecule has 160 valence electrons. The second-order valence-electron chi connectivity index (χ2n) is 11.2. The van der Waals surface area contributed by atoms with E-state index in [9.17, 15) is 14.9 Å². The molecule has 0 unspecified atom stereocenters. The Morgan fingerprint density at radius 3 is 2.41 bits per heavy atom.